The Hall–Kier alpha value is -2.73. The first-order valence-corrected chi connectivity index (χ1v) is 9.32. The highest BCUT2D eigenvalue weighted by Crippen LogP contribution is 2.25. The van der Waals surface area contributed by atoms with Crippen LogP contribution in [0.2, 0.25) is 5.02 Å². The number of halogens is 1. The van der Waals surface area contributed by atoms with Gasteiger partial charge in [0.1, 0.15) is 11.5 Å². The van der Waals surface area contributed by atoms with E-state index in [2.05, 4.69) is 10.6 Å². The van der Waals surface area contributed by atoms with E-state index >= 15 is 0 Å². The zero-order valence-corrected chi connectivity index (χ0v) is 17.1. The van der Waals surface area contributed by atoms with Gasteiger partial charge in [-0.1, -0.05) is 23.7 Å². The molecule has 0 saturated carbocycles. The number of carbonyl (C=O) groups is 2. The highest BCUT2D eigenvalue weighted by Gasteiger charge is 2.07. The van der Waals surface area contributed by atoms with Crippen molar-refractivity contribution in [2.75, 3.05) is 26.8 Å². The van der Waals surface area contributed by atoms with Gasteiger partial charge in [-0.25, -0.2) is 0 Å². The third-order valence-corrected chi connectivity index (χ3v) is 4.67. The van der Waals surface area contributed by atoms with E-state index in [1.165, 1.54) is 0 Å². The Bertz CT molecular complexity index is 799. The summed E-state index contributed by atoms with van der Waals surface area (Å²) < 4.78 is 10.6. The maximum atomic E-state index is 11.9. The van der Waals surface area contributed by atoms with Gasteiger partial charge in [-0.05, 0) is 54.8 Å². The van der Waals surface area contributed by atoms with E-state index in [0.717, 1.165) is 22.4 Å². The molecule has 0 aliphatic heterocycles. The highest BCUT2D eigenvalue weighted by molar-refractivity contribution is 6.32. The molecule has 0 fully saturated rings. The monoisotopic (exact) mass is 404 g/mol. The number of methoxy groups -OCH3 is 1. The minimum atomic E-state index is -0.255. The Kier molecular flexibility index (Phi) is 8.14. The summed E-state index contributed by atoms with van der Waals surface area (Å²) >= 11 is 6.11. The Labute approximate surface area is 170 Å². The van der Waals surface area contributed by atoms with E-state index in [9.17, 15) is 9.59 Å². The molecule has 2 aromatic carbocycles. The van der Waals surface area contributed by atoms with Crippen molar-refractivity contribution in [3.63, 3.8) is 0 Å². The van der Waals surface area contributed by atoms with Crippen LogP contribution in [0.3, 0.4) is 0 Å². The zero-order chi connectivity index (χ0) is 20.5. The lowest BCUT2D eigenvalue weighted by atomic mass is 10.1. The van der Waals surface area contributed by atoms with Crippen LogP contribution in [0.1, 0.15) is 16.7 Å². The Balaban J connectivity index is 1.64. The van der Waals surface area contributed by atoms with Crippen molar-refractivity contribution in [2.45, 2.75) is 20.3 Å². The van der Waals surface area contributed by atoms with Gasteiger partial charge in [0.05, 0.1) is 13.5 Å². The normalized spacial score (nSPS) is 10.3. The van der Waals surface area contributed by atoms with Gasteiger partial charge in [-0.3, -0.25) is 9.59 Å². The van der Waals surface area contributed by atoms with Crippen LogP contribution >= 0.6 is 11.6 Å². The third-order valence-electron chi connectivity index (χ3n) is 4.07. The predicted octanol–water partition coefficient (Wildman–Crippen LogP) is 2.82. The molecule has 28 heavy (non-hydrogen) atoms. The second kappa shape index (κ2) is 10.6. The molecular weight excluding hydrogens is 380 g/mol. The second-order valence-electron chi connectivity index (χ2n) is 6.38. The Morgan fingerprint density at radius 2 is 1.50 bits per heavy atom. The fourth-order valence-electron chi connectivity index (χ4n) is 2.58. The molecule has 0 unspecified atom stereocenters. The van der Waals surface area contributed by atoms with Crippen molar-refractivity contribution >= 4 is 23.4 Å². The number of ether oxygens (including phenoxy) is 2. The summed E-state index contributed by atoms with van der Waals surface area (Å²) in [5.74, 6) is 0.984. The van der Waals surface area contributed by atoms with Gasteiger partial charge in [0.25, 0.3) is 5.91 Å². The average molecular weight is 405 g/mol. The largest absolute Gasteiger partial charge is 0.497 e. The van der Waals surface area contributed by atoms with Crippen molar-refractivity contribution in [1.29, 1.82) is 0 Å². The van der Waals surface area contributed by atoms with E-state index in [1.807, 2.05) is 38.1 Å². The van der Waals surface area contributed by atoms with Gasteiger partial charge >= 0.3 is 0 Å². The van der Waals surface area contributed by atoms with E-state index in [1.54, 1.807) is 19.2 Å². The summed E-state index contributed by atoms with van der Waals surface area (Å²) in [7, 11) is 1.60. The van der Waals surface area contributed by atoms with Crippen molar-refractivity contribution in [2.24, 2.45) is 0 Å². The first-order valence-electron chi connectivity index (χ1n) is 8.95. The highest BCUT2D eigenvalue weighted by atomic mass is 35.5. The summed E-state index contributed by atoms with van der Waals surface area (Å²) in [6, 6.07) is 10.9. The van der Waals surface area contributed by atoms with E-state index in [4.69, 9.17) is 21.1 Å². The van der Waals surface area contributed by atoms with Gasteiger partial charge < -0.3 is 20.1 Å². The average Bonchev–Trinajstić information content (AvgIpc) is 2.68. The number of hydrogen-bond donors (Lipinski definition) is 2. The quantitative estimate of drug-likeness (QED) is 0.630. The lowest BCUT2D eigenvalue weighted by molar-refractivity contribution is -0.124. The molecule has 0 aliphatic carbocycles. The SMILES string of the molecule is COc1ccc(CC(=O)NCCNC(=O)COc2cc(C)c(Cl)c(C)c2)cc1. The van der Waals surface area contributed by atoms with Crippen LogP contribution in [0.4, 0.5) is 0 Å². The van der Waals surface area contributed by atoms with Crippen LogP contribution in [0.15, 0.2) is 36.4 Å². The third kappa shape index (κ3) is 6.78. The molecule has 2 rings (SSSR count). The van der Waals surface area contributed by atoms with Crippen LogP contribution in [0.25, 0.3) is 0 Å². The number of amides is 2. The summed E-state index contributed by atoms with van der Waals surface area (Å²) in [5.41, 5.74) is 2.69. The standard InChI is InChI=1S/C21H25ClN2O4/c1-14-10-18(11-15(2)21(14)22)28-13-20(26)24-9-8-23-19(25)12-16-4-6-17(27-3)7-5-16/h4-7,10-11H,8-9,12-13H2,1-3H3,(H,23,25)(H,24,26). The van der Waals surface area contributed by atoms with Gasteiger partial charge in [0.2, 0.25) is 5.91 Å². The Morgan fingerprint density at radius 3 is 2.07 bits per heavy atom. The fraction of sp³-hybridized carbons (Fsp3) is 0.333. The van der Waals surface area contributed by atoms with Gasteiger partial charge in [0.15, 0.2) is 6.61 Å². The maximum Gasteiger partial charge on any atom is 0.258 e. The topological polar surface area (TPSA) is 76.7 Å². The van der Waals surface area contributed by atoms with Crippen LogP contribution in [-0.2, 0) is 16.0 Å². The molecule has 0 aromatic heterocycles. The zero-order valence-electron chi connectivity index (χ0n) is 16.3. The number of rotatable bonds is 9. The lowest BCUT2D eigenvalue weighted by Gasteiger charge is -2.11. The van der Waals surface area contributed by atoms with Crippen molar-refractivity contribution in [1.82, 2.24) is 10.6 Å². The molecule has 0 saturated heterocycles. The van der Waals surface area contributed by atoms with Gasteiger partial charge in [-0.15, -0.1) is 0 Å². The number of nitrogens with one attached hydrogen (secondary N) is 2. The van der Waals surface area contributed by atoms with Crippen molar-refractivity contribution < 1.29 is 19.1 Å². The van der Waals surface area contributed by atoms with Crippen LogP contribution in [-0.4, -0.2) is 38.6 Å². The van der Waals surface area contributed by atoms with E-state index in [-0.39, 0.29) is 24.8 Å². The van der Waals surface area contributed by atoms with Gasteiger partial charge in [0, 0.05) is 18.1 Å². The smallest absolute Gasteiger partial charge is 0.258 e. The molecule has 7 heteroatoms. The number of benzene rings is 2. The molecule has 150 valence electrons. The number of aryl methyl sites for hydroxylation is 2. The molecule has 2 aromatic rings. The predicted molar refractivity (Wildman–Crippen MR) is 109 cm³/mol. The molecule has 0 aliphatic rings. The summed E-state index contributed by atoms with van der Waals surface area (Å²) in [6.45, 7) is 4.35. The minimum absolute atomic E-state index is 0.0969. The first-order chi connectivity index (χ1) is 13.4. The van der Waals surface area contributed by atoms with E-state index in [0.29, 0.717) is 23.9 Å². The molecule has 0 bridgehead atoms. The molecule has 0 atom stereocenters. The summed E-state index contributed by atoms with van der Waals surface area (Å²) in [5, 5.41) is 6.17. The first kappa shape index (κ1) is 21.6. The minimum Gasteiger partial charge on any atom is -0.497 e. The molecule has 0 heterocycles. The maximum absolute atomic E-state index is 11.9. The number of carbonyl (C=O) groups excluding carboxylic acids is 2. The molecule has 0 spiro atoms. The van der Waals surface area contributed by atoms with Crippen LogP contribution in [0.5, 0.6) is 11.5 Å². The van der Waals surface area contributed by atoms with Crippen molar-refractivity contribution in [3.8, 4) is 11.5 Å². The lowest BCUT2D eigenvalue weighted by Crippen LogP contribution is -2.37. The van der Waals surface area contributed by atoms with Gasteiger partial charge in [-0.2, -0.15) is 0 Å². The Morgan fingerprint density at radius 1 is 0.929 bits per heavy atom. The molecule has 0 radical (unpaired) electrons. The van der Waals surface area contributed by atoms with Crippen molar-refractivity contribution in [3.05, 3.63) is 58.1 Å². The number of hydrogen-bond acceptors (Lipinski definition) is 4. The second-order valence-corrected chi connectivity index (χ2v) is 6.76. The molecular formula is C21H25ClN2O4. The molecule has 2 N–H and O–H groups in total. The van der Waals surface area contributed by atoms with Crippen LogP contribution < -0.4 is 20.1 Å². The van der Waals surface area contributed by atoms with Crippen LogP contribution in [0, 0.1) is 13.8 Å². The summed E-state index contributed by atoms with van der Waals surface area (Å²) in [4.78, 5) is 23.8. The summed E-state index contributed by atoms with van der Waals surface area (Å²) in [6.07, 6.45) is 0.274. The molecule has 2 amide bonds. The van der Waals surface area contributed by atoms with E-state index < -0.39 is 0 Å². The fourth-order valence-corrected chi connectivity index (χ4v) is 2.69. The molecule has 6 nitrogen and oxygen atoms in total.